The lowest BCUT2D eigenvalue weighted by atomic mass is 10.1. The van der Waals surface area contributed by atoms with Gasteiger partial charge in [0, 0.05) is 13.1 Å². The maximum absolute atomic E-state index is 5.55. The molecule has 0 saturated heterocycles. The molecule has 2 rings (SSSR count). The summed E-state index contributed by atoms with van der Waals surface area (Å²) in [4.78, 5) is 3.38. The van der Waals surface area contributed by atoms with Crippen molar-refractivity contribution in [3.63, 3.8) is 0 Å². The Morgan fingerprint density at radius 2 is 1.95 bits per heavy atom. The Bertz CT molecular complexity index is 635. The highest BCUT2D eigenvalue weighted by atomic mass is 32.1. The summed E-state index contributed by atoms with van der Waals surface area (Å²) in [7, 11) is 2.02. The number of H-pyrrole nitrogens is 1. The van der Waals surface area contributed by atoms with Gasteiger partial charge in [0.15, 0.2) is 10.4 Å². The number of aryl methyl sites for hydroxylation is 2. The number of hydrogen-bond acceptors (Lipinski definition) is 2. The van der Waals surface area contributed by atoms with E-state index in [1.54, 1.807) is 0 Å². The van der Waals surface area contributed by atoms with E-state index in [2.05, 4.69) is 35.4 Å². The van der Waals surface area contributed by atoms with Crippen LogP contribution in [0.25, 0.3) is 11.2 Å². The molecular formula is C16H28N4S. The lowest BCUT2D eigenvalue weighted by Gasteiger charge is -2.14. The minimum atomic E-state index is 0.424. The van der Waals surface area contributed by atoms with E-state index in [9.17, 15) is 0 Å². The van der Waals surface area contributed by atoms with Crippen LogP contribution >= 0.6 is 12.2 Å². The van der Waals surface area contributed by atoms with E-state index >= 15 is 0 Å². The zero-order valence-electron chi connectivity index (χ0n) is 13.8. The average molecular weight is 308 g/mol. The highest BCUT2D eigenvalue weighted by Crippen LogP contribution is 2.25. The van der Waals surface area contributed by atoms with Gasteiger partial charge in [-0.1, -0.05) is 46.0 Å². The molecule has 0 radical (unpaired) electrons. The molecule has 4 nitrogen and oxygen atoms in total. The summed E-state index contributed by atoms with van der Waals surface area (Å²) < 4.78 is 5.07. The number of hydrogen-bond donors (Lipinski definition) is 1. The first-order valence-electron chi connectivity index (χ1n) is 8.26. The predicted molar refractivity (Wildman–Crippen MR) is 91.4 cm³/mol. The standard InChI is InChI=1S/C16H28N4S/c1-5-7-8-9-11-12(3)20-15-14(17-16(20)21)13(10-6-2)18-19(15)4/h12H,5-11H2,1-4H3,(H,17,21). The fraction of sp³-hybridized carbons (Fsp3) is 0.750. The monoisotopic (exact) mass is 308 g/mol. The van der Waals surface area contributed by atoms with Crippen molar-refractivity contribution in [2.75, 3.05) is 0 Å². The minimum Gasteiger partial charge on any atom is -0.328 e. The molecule has 0 bridgehead atoms. The van der Waals surface area contributed by atoms with E-state index in [0.717, 1.165) is 34.5 Å². The fourth-order valence-electron chi connectivity index (χ4n) is 3.05. The average Bonchev–Trinajstić information content (AvgIpc) is 2.93. The van der Waals surface area contributed by atoms with Crippen LogP contribution in [0, 0.1) is 4.77 Å². The van der Waals surface area contributed by atoms with E-state index in [-0.39, 0.29) is 0 Å². The molecule has 2 aromatic heterocycles. The van der Waals surface area contributed by atoms with Crippen molar-refractivity contribution < 1.29 is 0 Å². The van der Waals surface area contributed by atoms with Crippen LogP contribution in [0.15, 0.2) is 0 Å². The van der Waals surface area contributed by atoms with E-state index in [1.165, 1.54) is 32.1 Å². The summed E-state index contributed by atoms with van der Waals surface area (Å²) in [5.74, 6) is 0. The Hall–Kier alpha value is -1.10. The van der Waals surface area contributed by atoms with Gasteiger partial charge in [0.2, 0.25) is 0 Å². The normalized spacial score (nSPS) is 13.1. The molecule has 21 heavy (non-hydrogen) atoms. The van der Waals surface area contributed by atoms with Crippen molar-refractivity contribution in [3.05, 3.63) is 10.5 Å². The molecule has 0 fully saturated rings. The lowest BCUT2D eigenvalue weighted by Crippen LogP contribution is -2.08. The highest BCUT2D eigenvalue weighted by molar-refractivity contribution is 7.71. The van der Waals surface area contributed by atoms with Gasteiger partial charge in [-0.3, -0.25) is 9.25 Å². The van der Waals surface area contributed by atoms with Crippen molar-refractivity contribution >= 4 is 23.4 Å². The van der Waals surface area contributed by atoms with Gasteiger partial charge in [0.05, 0.1) is 5.69 Å². The summed E-state index contributed by atoms with van der Waals surface area (Å²) in [6, 6.07) is 0.424. The number of imidazole rings is 1. The molecule has 0 aliphatic rings. The molecule has 0 saturated carbocycles. The van der Waals surface area contributed by atoms with Gasteiger partial charge in [-0.25, -0.2) is 0 Å². The number of fused-ring (bicyclic) bond motifs is 1. The molecule has 0 aliphatic carbocycles. The number of nitrogens with zero attached hydrogens (tertiary/aromatic N) is 3. The SMILES string of the molecule is CCCCCCC(C)n1c(=S)[nH]c2c(CCC)nn(C)c21. The molecule has 1 unspecified atom stereocenters. The molecule has 2 heterocycles. The number of nitrogens with one attached hydrogen (secondary N) is 1. The Morgan fingerprint density at radius 1 is 1.19 bits per heavy atom. The van der Waals surface area contributed by atoms with Gasteiger partial charge in [-0.2, -0.15) is 5.10 Å². The highest BCUT2D eigenvalue weighted by Gasteiger charge is 2.17. The summed E-state index contributed by atoms with van der Waals surface area (Å²) >= 11 is 5.55. The topological polar surface area (TPSA) is 38.5 Å². The van der Waals surface area contributed by atoms with Crippen LogP contribution in [0.4, 0.5) is 0 Å². The predicted octanol–water partition coefficient (Wildman–Crippen LogP) is 4.92. The van der Waals surface area contributed by atoms with Crippen LogP contribution in [0.1, 0.15) is 71.0 Å². The fourth-order valence-corrected chi connectivity index (χ4v) is 3.42. The van der Waals surface area contributed by atoms with Crippen molar-refractivity contribution in [1.82, 2.24) is 19.3 Å². The molecule has 0 aromatic carbocycles. The third-order valence-electron chi connectivity index (χ3n) is 4.17. The van der Waals surface area contributed by atoms with Crippen LogP contribution in [-0.2, 0) is 13.5 Å². The van der Waals surface area contributed by atoms with E-state index in [0.29, 0.717) is 6.04 Å². The molecular weight excluding hydrogens is 280 g/mol. The maximum Gasteiger partial charge on any atom is 0.179 e. The number of aromatic amines is 1. The number of rotatable bonds is 8. The number of unbranched alkanes of at least 4 members (excludes halogenated alkanes) is 3. The second kappa shape index (κ2) is 7.25. The van der Waals surface area contributed by atoms with Crippen LogP contribution in [0.3, 0.4) is 0 Å². The van der Waals surface area contributed by atoms with Crippen molar-refractivity contribution in [3.8, 4) is 0 Å². The molecule has 1 atom stereocenters. The first-order chi connectivity index (χ1) is 10.1. The van der Waals surface area contributed by atoms with Crippen LogP contribution < -0.4 is 0 Å². The molecule has 0 aliphatic heterocycles. The maximum atomic E-state index is 5.55. The quantitative estimate of drug-likeness (QED) is 0.555. The summed E-state index contributed by atoms with van der Waals surface area (Å²) in [6.45, 7) is 6.70. The van der Waals surface area contributed by atoms with Crippen molar-refractivity contribution in [1.29, 1.82) is 0 Å². The van der Waals surface area contributed by atoms with E-state index < -0.39 is 0 Å². The van der Waals surface area contributed by atoms with Gasteiger partial charge in [-0.15, -0.1) is 0 Å². The molecule has 118 valence electrons. The van der Waals surface area contributed by atoms with Gasteiger partial charge in [0.1, 0.15) is 5.52 Å². The molecule has 5 heteroatoms. The van der Waals surface area contributed by atoms with Crippen LogP contribution in [0.2, 0.25) is 0 Å². The van der Waals surface area contributed by atoms with E-state index in [1.807, 2.05) is 11.7 Å². The summed E-state index contributed by atoms with van der Waals surface area (Å²) in [5.41, 5.74) is 3.41. The Labute approximate surface area is 132 Å². The summed E-state index contributed by atoms with van der Waals surface area (Å²) in [6.07, 6.45) is 8.46. The molecule has 1 N–H and O–H groups in total. The van der Waals surface area contributed by atoms with Gasteiger partial charge < -0.3 is 4.98 Å². The van der Waals surface area contributed by atoms with Gasteiger partial charge in [-0.05, 0) is 32.0 Å². The third-order valence-corrected chi connectivity index (χ3v) is 4.47. The Morgan fingerprint density at radius 3 is 2.62 bits per heavy atom. The van der Waals surface area contributed by atoms with Crippen molar-refractivity contribution in [2.45, 2.75) is 71.8 Å². The largest absolute Gasteiger partial charge is 0.328 e. The Kier molecular flexibility index (Phi) is 5.62. The second-order valence-electron chi connectivity index (χ2n) is 6.02. The van der Waals surface area contributed by atoms with Gasteiger partial charge in [0.25, 0.3) is 0 Å². The van der Waals surface area contributed by atoms with E-state index in [4.69, 9.17) is 12.2 Å². The molecule has 2 aromatic rings. The van der Waals surface area contributed by atoms with Crippen LogP contribution in [0.5, 0.6) is 0 Å². The minimum absolute atomic E-state index is 0.424. The number of aromatic nitrogens is 4. The zero-order chi connectivity index (χ0) is 15.4. The third kappa shape index (κ3) is 3.39. The first-order valence-corrected chi connectivity index (χ1v) is 8.67. The second-order valence-corrected chi connectivity index (χ2v) is 6.40. The Balaban J connectivity index is 2.26. The lowest BCUT2D eigenvalue weighted by molar-refractivity contribution is 0.471. The van der Waals surface area contributed by atoms with Crippen LogP contribution in [-0.4, -0.2) is 19.3 Å². The smallest absolute Gasteiger partial charge is 0.179 e. The molecule has 0 amide bonds. The first kappa shape index (κ1) is 16.3. The molecule has 0 spiro atoms. The van der Waals surface area contributed by atoms with Gasteiger partial charge >= 0.3 is 0 Å². The van der Waals surface area contributed by atoms with Crippen molar-refractivity contribution in [2.24, 2.45) is 7.05 Å². The zero-order valence-corrected chi connectivity index (χ0v) is 14.6. The summed E-state index contributed by atoms with van der Waals surface area (Å²) in [5, 5.41) is 4.65.